The number of esters is 1. The van der Waals surface area contributed by atoms with E-state index in [1.54, 1.807) is 37.4 Å². The monoisotopic (exact) mass is 347 g/mol. The second-order valence-electron chi connectivity index (χ2n) is 4.76. The molecule has 0 unspecified atom stereocenters. The second-order valence-corrected chi connectivity index (χ2v) is 4.76. The van der Waals surface area contributed by atoms with Gasteiger partial charge in [0.1, 0.15) is 24.7 Å². The summed E-state index contributed by atoms with van der Waals surface area (Å²) in [6.45, 7) is -0.220. The molecule has 0 N–H and O–H groups in total. The van der Waals surface area contributed by atoms with Crippen LogP contribution in [-0.4, -0.2) is 37.8 Å². The summed E-state index contributed by atoms with van der Waals surface area (Å²) in [5, 5.41) is 10.8. The molecule has 2 rings (SSSR count). The van der Waals surface area contributed by atoms with E-state index in [4.69, 9.17) is 18.9 Å². The highest BCUT2D eigenvalue weighted by Gasteiger charge is 2.15. The number of benzene rings is 2. The Kier molecular flexibility index (Phi) is 6.58. The lowest BCUT2D eigenvalue weighted by molar-refractivity contribution is -0.385. The van der Waals surface area contributed by atoms with Crippen LogP contribution in [0.15, 0.2) is 48.5 Å². The Morgan fingerprint density at radius 1 is 1.00 bits per heavy atom. The van der Waals surface area contributed by atoms with Crippen LogP contribution in [0.1, 0.15) is 0 Å². The molecule has 0 aromatic heterocycles. The molecule has 0 aliphatic rings. The maximum Gasteiger partial charge on any atom is 0.344 e. The Morgan fingerprint density at radius 2 is 1.68 bits per heavy atom. The van der Waals surface area contributed by atoms with Gasteiger partial charge in [-0.2, -0.15) is 0 Å². The number of nitro groups is 1. The number of rotatable bonds is 9. The van der Waals surface area contributed by atoms with Gasteiger partial charge in [0.05, 0.1) is 12.0 Å². The lowest BCUT2D eigenvalue weighted by Gasteiger charge is -2.09. The maximum atomic E-state index is 11.6. The van der Waals surface area contributed by atoms with E-state index in [9.17, 15) is 14.9 Å². The number of nitro benzene ring substituents is 1. The molecule has 0 amide bonds. The van der Waals surface area contributed by atoms with Gasteiger partial charge in [0.25, 0.3) is 0 Å². The predicted molar refractivity (Wildman–Crippen MR) is 88.0 cm³/mol. The highest BCUT2D eigenvalue weighted by Crippen LogP contribution is 2.25. The van der Waals surface area contributed by atoms with Crippen molar-refractivity contribution in [1.82, 2.24) is 0 Å². The van der Waals surface area contributed by atoms with Gasteiger partial charge in [0.15, 0.2) is 12.4 Å². The number of nitrogens with zero attached hydrogens (tertiary/aromatic N) is 1. The van der Waals surface area contributed by atoms with Gasteiger partial charge in [-0.15, -0.1) is 0 Å². The SMILES string of the molecule is COc1ccc(OCCOC(=O)COc2ccccc2[N+](=O)[O-])cc1. The van der Waals surface area contributed by atoms with Crippen molar-refractivity contribution < 1.29 is 28.7 Å². The van der Waals surface area contributed by atoms with Crippen molar-refractivity contribution in [2.24, 2.45) is 0 Å². The Bertz CT molecular complexity index is 715. The van der Waals surface area contributed by atoms with Crippen LogP contribution in [0.25, 0.3) is 0 Å². The first-order valence-corrected chi connectivity index (χ1v) is 7.39. The number of hydrogen-bond donors (Lipinski definition) is 0. The van der Waals surface area contributed by atoms with Gasteiger partial charge in [0, 0.05) is 6.07 Å². The standard InChI is InChI=1S/C17H17NO7/c1-22-13-6-8-14(9-7-13)23-10-11-24-17(19)12-25-16-5-3-2-4-15(16)18(20)21/h2-9H,10-12H2,1H3. The third kappa shape index (κ3) is 5.69. The van der Waals surface area contributed by atoms with E-state index < -0.39 is 17.5 Å². The van der Waals surface area contributed by atoms with E-state index in [1.165, 1.54) is 18.2 Å². The highest BCUT2D eigenvalue weighted by atomic mass is 16.6. The van der Waals surface area contributed by atoms with E-state index in [0.717, 1.165) is 0 Å². The van der Waals surface area contributed by atoms with Gasteiger partial charge >= 0.3 is 11.7 Å². The number of methoxy groups -OCH3 is 1. The molecule has 0 radical (unpaired) electrons. The summed E-state index contributed by atoms with van der Waals surface area (Å²) in [5.41, 5.74) is -0.210. The summed E-state index contributed by atoms with van der Waals surface area (Å²) >= 11 is 0. The summed E-state index contributed by atoms with van der Waals surface area (Å²) in [5.74, 6) is 0.703. The van der Waals surface area contributed by atoms with Crippen LogP contribution in [0, 0.1) is 10.1 Å². The highest BCUT2D eigenvalue weighted by molar-refractivity contribution is 5.71. The maximum absolute atomic E-state index is 11.6. The van der Waals surface area contributed by atoms with Crippen LogP contribution in [0.3, 0.4) is 0 Å². The zero-order chi connectivity index (χ0) is 18.1. The van der Waals surface area contributed by atoms with Crippen molar-refractivity contribution in [1.29, 1.82) is 0 Å². The zero-order valence-corrected chi connectivity index (χ0v) is 13.5. The molecule has 8 nitrogen and oxygen atoms in total. The number of ether oxygens (including phenoxy) is 4. The lowest BCUT2D eigenvalue weighted by Crippen LogP contribution is -2.18. The molecule has 0 bridgehead atoms. The van der Waals surface area contributed by atoms with Gasteiger partial charge in [0.2, 0.25) is 0 Å². The number of para-hydroxylation sites is 2. The van der Waals surface area contributed by atoms with Crippen molar-refractivity contribution in [3.63, 3.8) is 0 Å². The summed E-state index contributed by atoms with van der Waals surface area (Å²) in [6.07, 6.45) is 0. The van der Waals surface area contributed by atoms with Crippen molar-refractivity contribution in [2.45, 2.75) is 0 Å². The molecule has 0 heterocycles. The fourth-order valence-electron chi connectivity index (χ4n) is 1.90. The van der Waals surface area contributed by atoms with Crippen LogP contribution >= 0.6 is 0 Å². The first kappa shape index (κ1) is 18.1. The van der Waals surface area contributed by atoms with Crippen LogP contribution < -0.4 is 14.2 Å². The average Bonchev–Trinajstić information content (AvgIpc) is 2.64. The molecule has 0 fully saturated rings. The first-order valence-electron chi connectivity index (χ1n) is 7.39. The van der Waals surface area contributed by atoms with Crippen molar-refractivity contribution >= 4 is 11.7 Å². The minimum atomic E-state index is -0.642. The fraction of sp³-hybridized carbons (Fsp3) is 0.235. The van der Waals surface area contributed by atoms with Crippen molar-refractivity contribution in [3.05, 3.63) is 58.6 Å². The molecule has 0 aliphatic carbocycles. The summed E-state index contributed by atoms with van der Waals surface area (Å²) in [7, 11) is 1.57. The molecule has 0 atom stereocenters. The molecule has 0 saturated heterocycles. The lowest BCUT2D eigenvalue weighted by atomic mass is 10.3. The molecule has 0 saturated carbocycles. The van der Waals surface area contributed by atoms with Crippen LogP contribution in [0.5, 0.6) is 17.2 Å². The van der Waals surface area contributed by atoms with E-state index in [2.05, 4.69) is 0 Å². The summed E-state index contributed by atoms with van der Waals surface area (Å²) < 4.78 is 20.5. The van der Waals surface area contributed by atoms with Gasteiger partial charge in [-0.05, 0) is 30.3 Å². The third-order valence-corrected chi connectivity index (χ3v) is 3.08. The van der Waals surface area contributed by atoms with Crippen molar-refractivity contribution in [2.75, 3.05) is 26.9 Å². The van der Waals surface area contributed by atoms with Gasteiger partial charge < -0.3 is 18.9 Å². The molecule has 25 heavy (non-hydrogen) atoms. The minimum absolute atomic E-state index is 0.0129. The van der Waals surface area contributed by atoms with Gasteiger partial charge in [-0.25, -0.2) is 4.79 Å². The fourth-order valence-corrected chi connectivity index (χ4v) is 1.90. The van der Waals surface area contributed by atoms with E-state index in [1.807, 2.05) is 0 Å². The smallest absolute Gasteiger partial charge is 0.344 e. The van der Waals surface area contributed by atoms with E-state index in [0.29, 0.717) is 11.5 Å². The number of hydrogen-bond acceptors (Lipinski definition) is 7. The molecular weight excluding hydrogens is 330 g/mol. The predicted octanol–water partition coefficient (Wildman–Crippen LogP) is 2.60. The van der Waals surface area contributed by atoms with Crippen molar-refractivity contribution in [3.8, 4) is 17.2 Å². The Hall–Kier alpha value is -3.29. The second kappa shape index (κ2) is 9.11. The molecule has 8 heteroatoms. The van der Waals surface area contributed by atoms with Crippen LogP contribution in [0.4, 0.5) is 5.69 Å². The van der Waals surface area contributed by atoms with Crippen LogP contribution in [0.2, 0.25) is 0 Å². The van der Waals surface area contributed by atoms with Gasteiger partial charge in [-0.1, -0.05) is 12.1 Å². The largest absolute Gasteiger partial charge is 0.497 e. The molecule has 132 valence electrons. The number of carbonyl (C=O) groups is 1. The normalized spacial score (nSPS) is 9.96. The Balaban J connectivity index is 1.69. The van der Waals surface area contributed by atoms with E-state index >= 15 is 0 Å². The quantitative estimate of drug-likeness (QED) is 0.298. The molecule has 0 spiro atoms. The number of carbonyl (C=O) groups excluding carboxylic acids is 1. The summed E-state index contributed by atoms with van der Waals surface area (Å²) in [6, 6.07) is 12.8. The topological polar surface area (TPSA) is 97.1 Å². The summed E-state index contributed by atoms with van der Waals surface area (Å²) in [4.78, 5) is 21.9. The third-order valence-electron chi connectivity index (χ3n) is 3.08. The van der Waals surface area contributed by atoms with E-state index in [-0.39, 0.29) is 24.7 Å². The van der Waals surface area contributed by atoms with Crippen LogP contribution in [-0.2, 0) is 9.53 Å². The molecule has 2 aromatic carbocycles. The zero-order valence-electron chi connectivity index (χ0n) is 13.5. The first-order chi connectivity index (χ1) is 12.1. The minimum Gasteiger partial charge on any atom is -0.497 e. The molecular formula is C17H17NO7. The molecule has 2 aromatic rings. The average molecular weight is 347 g/mol. The Labute approximate surface area is 144 Å². The molecule has 0 aliphatic heterocycles. The van der Waals surface area contributed by atoms with Gasteiger partial charge in [-0.3, -0.25) is 10.1 Å². The Morgan fingerprint density at radius 3 is 2.36 bits per heavy atom.